The average Bonchev–Trinajstić information content (AvgIpc) is 3.14. The van der Waals surface area contributed by atoms with Gasteiger partial charge in [0.1, 0.15) is 11.6 Å². The number of ether oxygens (including phenoxy) is 1. The number of thioether (sulfide) groups is 1. The van der Waals surface area contributed by atoms with Crippen LogP contribution in [0.2, 0.25) is 0 Å². The first-order chi connectivity index (χ1) is 13.4. The monoisotopic (exact) mass is 401 g/mol. The zero-order chi connectivity index (χ0) is 20.1. The zero-order valence-electron chi connectivity index (χ0n) is 15.7. The first kappa shape index (κ1) is 19.9. The summed E-state index contributed by atoms with van der Waals surface area (Å²) in [6.45, 7) is 5.49. The number of hydrogen-bond donors (Lipinski definition) is 1. The standard InChI is InChI=1S/C20H20FN3O3S/c1-12-4-8-16(9-5-12)22-18(25)14(3)28-20-24-23-19(27-20)13(2)26-17-10-6-15(21)7-11-17/h4-11,13-14H,1-3H3,(H,22,25)/t13-,14+/m1/s1. The van der Waals surface area contributed by atoms with E-state index in [1.165, 1.54) is 24.3 Å². The molecule has 1 heterocycles. The smallest absolute Gasteiger partial charge is 0.277 e. The lowest BCUT2D eigenvalue weighted by atomic mass is 10.2. The van der Waals surface area contributed by atoms with Gasteiger partial charge in [0.25, 0.3) is 11.1 Å². The van der Waals surface area contributed by atoms with Gasteiger partial charge in [0.15, 0.2) is 6.10 Å². The zero-order valence-corrected chi connectivity index (χ0v) is 16.5. The summed E-state index contributed by atoms with van der Waals surface area (Å²) in [7, 11) is 0. The lowest BCUT2D eigenvalue weighted by molar-refractivity contribution is -0.115. The second-order valence-electron chi connectivity index (χ2n) is 6.24. The number of aromatic nitrogens is 2. The maximum atomic E-state index is 13.0. The van der Waals surface area contributed by atoms with Crippen molar-refractivity contribution in [2.75, 3.05) is 5.32 Å². The number of rotatable bonds is 7. The fourth-order valence-corrected chi connectivity index (χ4v) is 2.98. The first-order valence-corrected chi connectivity index (χ1v) is 9.58. The van der Waals surface area contributed by atoms with Gasteiger partial charge in [0.2, 0.25) is 5.91 Å². The molecule has 0 fully saturated rings. The van der Waals surface area contributed by atoms with Gasteiger partial charge in [-0.2, -0.15) is 0 Å². The van der Waals surface area contributed by atoms with E-state index < -0.39 is 11.4 Å². The number of nitrogens with one attached hydrogen (secondary N) is 1. The van der Waals surface area contributed by atoms with E-state index in [0.29, 0.717) is 5.75 Å². The summed E-state index contributed by atoms with van der Waals surface area (Å²) >= 11 is 1.16. The second kappa shape index (κ2) is 8.88. The van der Waals surface area contributed by atoms with Crippen molar-refractivity contribution in [2.45, 2.75) is 37.3 Å². The molecular weight excluding hydrogens is 381 g/mol. The molecule has 0 spiro atoms. The molecule has 1 aromatic heterocycles. The van der Waals surface area contributed by atoms with E-state index in [1.807, 2.05) is 31.2 Å². The molecule has 0 radical (unpaired) electrons. The number of benzene rings is 2. The van der Waals surface area contributed by atoms with Gasteiger partial charge in [0.05, 0.1) is 5.25 Å². The Morgan fingerprint density at radius 1 is 1.11 bits per heavy atom. The molecule has 8 heteroatoms. The summed E-state index contributed by atoms with van der Waals surface area (Å²) in [5, 5.41) is 10.6. The Labute approximate surface area is 166 Å². The van der Waals surface area contributed by atoms with Gasteiger partial charge in [-0.15, -0.1) is 10.2 Å². The number of carbonyl (C=O) groups excluding carboxylic acids is 1. The Kier molecular flexibility index (Phi) is 6.30. The molecule has 0 bridgehead atoms. The van der Waals surface area contributed by atoms with E-state index >= 15 is 0 Å². The fraction of sp³-hybridized carbons (Fsp3) is 0.250. The number of amides is 1. The number of carbonyl (C=O) groups is 1. The molecule has 0 unspecified atom stereocenters. The minimum Gasteiger partial charge on any atom is -0.481 e. The minimum absolute atomic E-state index is 0.163. The van der Waals surface area contributed by atoms with Crippen molar-refractivity contribution in [1.82, 2.24) is 10.2 Å². The van der Waals surface area contributed by atoms with Crippen LogP contribution >= 0.6 is 11.8 Å². The van der Waals surface area contributed by atoms with Crippen LogP contribution in [0.1, 0.15) is 31.4 Å². The SMILES string of the molecule is Cc1ccc(NC(=O)[C@H](C)Sc2nnc([C@@H](C)Oc3ccc(F)cc3)o2)cc1. The van der Waals surface area contributed by atoms with Crippen LogP contribution in [0, 0.1) is 12.7 Å². The highest BCUT2D eigenvalue weighted by molar-refractivity contribution is 8.00. The highest BCUT2D eigenvalue weighted by Crippen LogP contribution is 2.27. The van der Waals surface area contributed by atoms with Crippen molar-refractivity contribution in [1.29, 1.82) is 0 Å². The van der Waals surface area contributed by atoms with Crippen LogP contribution in [0.3, 0.4) is 0 Å². The molecule has 2 aromatic carbocycles. The molecule has 0 saturated heterocycles. The number of anilines is 1. The minimum atomic E-state index is -0.510. The van der Waals surface area contributed by atoms with Crippen molar-refractivity contribution >= 4 is 23.4 Å². The summed E-state index contributed by atoms with van der Waals surface area (Å²) in [6, 6.07) is 13.2. The van der Waals surface area contributed by atoms with Crippen molar-refractivity contribution in [3.05, 3.63) is 65.8 Å². The molecule has 146 valence electrons. The number of nitrogens with zero attached hydrogens (tertiary/aromatic N) is 2. The molecule has 1 N–H and O–H groups in total. The molecule has 2 atom stereocenters. The van der Waals surface area contributed by atoms with E-state index in [1.54, 1.807) is 13.8 Å². The lowest BCUT2D eigenvalue weighted by Gasteiger charge is -2.11. The van der Waals surface area contributed by atoms with E-state index in [4.69, 9.17) is 9.15 Å². The molecule has 1 amide bonds. The van der Waals surface area contributed by atoms with Crippen molar-refractivity contribution in [2.24, 2.45) is 0 Å². The lowest BCUT2D eigenvalue weighted by Crippen LogP contribution is -2.22. The Balaban J connectivity index is 1.56. The fourth-order valence-electron chi connectivity index (χ4n) is 2.29. The topological polar surface area (TPSA) is 77.2 Å². The summed E-state index contributed by atoms with van der Waals surface area (Å²) in [5.74, 6) is 0.267. The molecule has 0 aliphatic carbocycles. The normalized spacial score (nSPS) is 13.0. The van der Waals surface area contributed by atoms with E-state index in [-0.39, 0.29) is 22.8 Å². The largest absolute Gasteiger partial charge is 0.481 e. The third kappa shape index (κ3) is 5.32. The molecule has 3 rings (SSSR count). The van der Waals surface area contributed by atoms with Crippen molar-refractivity contribution < 1.29 is 18.3 Å². The summed E-state index contributed by atoms with van der Waals surface area (Å²) < 4.78 is 24.2. The number of hydrogen-bond acceptors (Lipinski definition) is 6. The molecule has 0 aliphatic rings. The van der Waals surface area contributed by atoms with Crippen LogP contribution in [-0.2, 0) is 4.79 Å². The van der Waals surface area contributed by atoms with Crippen molar-refractivity contribution in [3.8, 4) is 5.75 Å². The second-order valence-corrected chi connectivity index (χ2v) is 7.53. The third-order valence-electron chi connectivity index (χ3n) is 3.86. The average molecular weight is 401 g/mol. The Morgan fingerprint density at radius 2 is 1.79 bits per heavy atom. The van der Waals surface area contributed by atoms with E-state index in [0.717, 1.165) is 23.0 Å². The van der Waals surface area contributed by atoms with Crippen LogP contribution in [0.25, 0.3) is 0 Å². The number of halogens is 1. The Hall–Kier alpha value is -2.87. The molecular formula is C20H20FN3O3S. The highest BCUT2D eigenvalue weighted by atomic mass is 32.2. The Bertz CT molecular complexity index is 929. The van der Waals surface area contributed by atoms with Gasteiger partial charge in [-0.25, -0.2) is 4.39 Å². The quantitative estimate of drug-likeness (QED) is 0.574. The third-order valence-corrected chi connectivity index (χ3v) is 4.80. The van der Waals surface area contributed by atoms with Gasteiger partial charge < -0.3 is 14.5 Å². The molecule has 6 nitrogen and oxygen atoms in total. The van der Waals surface area contributed by atoms with Crippen LogP contribution in [0.4, 0.5) is 10.1 Å². The van der Waals surface area contributed by atoms with Gasteiger partial charge in [-0.3, -0.25) is 4.79 Å². The van der Waals surface area contributed by atoms with Crippen LogP contribution in [0.15, 0.2) is 58.2 Å². The van der Waals surface area contributed by atoms with Crippen LogP contribution in [-0.4, -0.2) is 21.4 Å². The van der Waals surface area contributed by atoms with Gasteiger partial charge in [0, 0.05) is 5.69 Å². The first-order valence-electron chi connectivity index (χ1n) is 8.70. The highest BCUT2D eigenvalue weighted by Gasteiger charge is 2.21. The molecule has 0 aliphatic heterocycles. The van der Waals surface area contributed by atoms with Crippen molar-refractivity contribution in [3.63, 3.8) is 0 Å². The van der Waals surface area contributed by atoms with E-state index in [2.05, 4.69) is 15.5 Å². The molecule has 28 heavy (non-hydrogen) atoms. The number of aryl methyl sites for hydroxylation is 1. The van der Waals surface area contributed by atoms with Gasteiger partial charge in [-0.05, 0) is 57.2 Å². The summed E-state index contributed by atoms with van der Waals surface area (Å²) in [5.41, 5.74) is 1.85. The predicted molar refractivity (Wildman–Crippen MR) is 105 cm³/mol. The maximum absolute atomic E-state index is 13.0. The van der Waals surface area contributed by atoms with Crippen LogP contribution < -0.4 is 10.1 Å². The molecule has 0 saturated carbocycles. The maximum Gasteiger partial charge on any atom is 0.277 e. The van der Waals surface area contributed by atoms with E-state index in [9.17, 15) is 9.18 Å². The van der Waals surface area contributed by atoms with Gasteiger partial charge >= 0.3 is 0 Å². The van der Waals surface area contributed by atoms with Gasteiger partial charge in [-0.1, -0.05) is 29.5 Å². The molecule has 3 aromatic rings. The summed E-state index contributed by atoms with van der Waals surface area (Å²) in [6.07, 6.45) is -0.510. The Morgan fingerprint density at radius 3 is 2.46 bits per heavy atom. The predicted octanol–water partition coefficient (Wildman–Crippen LogP) is 4.78. The summed E-state index contributed by atoms with van der Waals surface area (Å²) in [4.78, 5) is 12.3. The van der Waals surface area contributed by atoms with Crippen LogP contribution in [0.5, 0.6) is 5.75 Å².